The number of H-pyrrole nitrogens is 2. The Hall–Kier alpha value is -7.11. The van der Waals surface area contributed by atoms with E-state index >= 15 is 35.1 Å². The predicted molar refractivity (Wildman–Crippen MR) is 207 cm³/mol. The third kappa shape index (κ3) is 7.31. The zero-order chi connectivity index (χ0) is 49.3. The van der Waals surface area contributed by atoms with Crippen LogP contribution in [-0.4, -0.2) is 19.9 Å². The molecule has 70 heavy (non-hydrogen) atoms. The molecule has 0 amide bonds. The van der Waals surface area contributed by atoms with E-state index in [2.05, 4.69) is 19.9 Å². The van der Waals surface area contributed by atoms with Crippen LogP contribution in [0.4, 0.5) is 87.8 Å². The van der Waals surface area contributed by atoms with Gasteiger partial charge in [0.1, 0.15) is 0 Å². The van der Waals surface area contributed by atoms with Gasteiger partial charge in [0.15, 0.2) is 93.1 Å². The first-order chi connectivity index (χ1) is 32.1. The predicted octanol–water partition coefficient (Wildman–Crippen LogP) is 14.5. The largest absolute Gasteiger partial charge is 0.354 e. The van der Waals surface area contributed by atoms with Gasteiger partial charge in [0.05, 0.1) is 45.0 Å². The number of nitrogens with one attached hydrogen (secondary N) is 2. The standard InChI is InChI=1S/C44H10F20N4.ClH.Mn/c45-25-21(26(46)34(54)41(61)33(25)53)17-9-1-2-10(65-9)18(22-27(47)35(55)42(62)36(56)28(22)48)12-5-6-14(67-12)20(24-31(51)39(59)44(64)40(60)32(24)52)16-8-7-15(68-16)19(13-4-3-11(17)66-13)23-29(49)37(57)43(63)38(58)30(23)50;;/h1-8,65,68H;1H;. The van der Waals surface area contributed by atoms with E-state index in [4.69, 9.17) is 0 Å². The molecule has 2 N–H and O–H groups in total. The van der Waals surface area contributed by atoms with Crippen LogP contribution in [0.25, 0.3) is 90.9 Å². The number of hydrogen-bond donors (Lipinski definition) is 2. The molecule has 8 bridgehead atoms. The number of nitrogens with zero attached hydrogens (tertiary/aromatic N) is 2. The number of aromatic amines is 2. The van der Waals surface area contributed by atoms with Gasteiger partial charge < -0.3 is 9.97 Å². The van der Waals surface area contributed by atoms with Gasteiger partial charge in [0, 0.05) is 61.4 Å². The molecule has 7 aromatic rings. The van der Waals surface area contributed by atoms with Crippen LogP contribution in [0, 0.1) is 116 Å². The summed E-state index contributed by atoms with van der Waals surface area (Å²) < 4.78 is 303. The summed E-state index contributed by atoms with van der Waals surface area (Å²) in [6.45, 7) is 0. The second-order valence-corrected chi connectivity index (χ2v) is 14.3. The topological polar surface area (TPSA) is 57.4 Å². The Labute approximate surface area is 390 Å². The molecule has 0 spiro atoms. The van der Waals surface area contributed by atoms with Gasteiger partial charge in [-0.25, -0.2) is 97.8 Å². The maximum absolute atomic E-state index is 15.8. The fourth-order valence-electron chi connectivity index (χ4n) is 7.56. The van der Waals surface area contributed by atoms with Crippen LogP contribution in [0.5, 0.6) is 0 Å². The van der Waals surface area contributed by atoms with Crippen molar-refractivity contribution in [1.29, 1.82) is 0 Å². The Balaban J connectivity index is 0.00000361. The Morgan fingerprint density at radius 1 is 0.229 bits per heavy atom. The first-order valence-electron chi connectivity index (χ1n) is 18.3. The number of fused-ring (bicyclic) bond motifs is 8. The van der Waals surface area contributed by atoms with Crippen molar-refractivity contribution >= 4 is 58.8 Å². The summed E-state index contributed by atoms with van der Waals surface area (Å²) in [4.78, 5) is 12.3. The summed E-state index contributed by atoms with van der Waals surface area (Å²) in [6.07, 6.45) is 2.40. The molecule has 4 nitrogen and oxygen atoms in total. The minimum Gasteiger partial charge on any atom is -0.354 e. The van der Waals surface area contributed by atoms with Gasteiger partial charge in [0.25, 0.3) is 0 Å². The van der Waals surface area contributed by atoms with Crippen LogP contribution in [0.2, 0.25) is 0 Å². The average Bonchev–Trinajstić information content (AvgIpc) is 4.18. The zero-order valence-electron chi connectivity index (χ0n) is 32.9. The molecule has 0 unspecified atom stereocenters. The molecule has 26 heteroatoms. The number of aromatic nitrogens is 4. The van der Waals surface area contributed by atoms with E-state index in [1.165, 1.54) is 0 Å². The summed E-state index contributed by atoms with van der Waals surface area (Å²) in [5, 5.41) is 0. The van der Waals surface area contributed by atoms with Crippen LogP contribution in [-0.2, 0) is 17.1 Å². The van der Waals surface area contributed by atoms with Crippen molar-refractivity contribution in [1.82, 2.24) is 19.9 Å². The summed E-state index contributed by atoms with van der Waals surface area (Å²) in [5.41, 5.74) is -20.5. The monoisotopic (exact) mass is 1060 g/mol. The van der Waals surface area contributed by atoms with E-state index in [9.17, 15) is 52.7 Å². The molecular weight excluding hydrogens is 1050 g/mol. The van der Waals surface area contributed by atoms with Crippen molar-refractivity contribution < 1.29 is 105 Å². The third-order valence-corrected chi connectivity index (χ3v) is 10.6. The van der Waals surface area contributed by atoms with Crippen molar-refractivity contribution in [2.45, 2.75) is 0 Å². The molecule has 361 valence electrons. The summed E-state index contributed by atoms with van der Waals surface area (Å²) in [7, 11) is 0. The molecule has 0 saturated carbocycles. The second-order valence-electron chi connectivity index (χ2n) is 14.3. The van der Waals surface area contributed by atoms with Gasteiger partial charge >= 0.3 is 0 Å². The minimum atomic E-state index is -2.72. The molecule has 2 aliphatic heterocycles. The summed E-state index contributed by atoms with van der Waals surface area (Å²) >= 11 is 0. The fraction of sp³-hybridized carbons (Fsp3) is 0. The Kier molecular flexibility index (Phi) is 13.1. The molecule has 0 fully saturated rings. The van der Waals surface area contributed by atoms with Crippen LogP contribution in [0.1, 0.15) is 22.8 Å². The molecule has 2 aliphatic rings. The normalized spacial score (nSPS) is 11.9. The maximum Gasteiger partial charge on any atom is 0.200 e. The van der Waals surface area contributed by atoms with Crippen molar-refractivity contribution in [3.63, 3.8) is 0 Å². The first-order valence-corrected chi connectivity index (χ1v) is 18.3. The van der Waals surface area contributed by atoms with Crippen molar-refractivity contribution in [3.05, 3.63) is 163 Å². The van der Waals surface area contributed by atoms with Crippen LogP contribution in [0.15, 0.2) is 24.3 Å². The van der Waals surface area contributed by atoms with Gasteiger partial charge in [-0.2, -0.15) is 0 Å². The van der Waals surface area contributed by atoms with E-state index in [-0.39, 0.29) is 29.5 Å². The molecule has 3 aromatic heterocycles. The number of benzene rings is 4. The fourth-order valence-corrected chi connectivity index (χ4v) is 7.56. The SMILES string of the molecule is Cl.Fc1c(F)c(F)c(-c2c3nc(c(-c4c(F)c(F)c(F)c(F)c4F)c4ccc([nH]4)c(-c4c(F)c(F)c(F)c(F)c4F)c4nc(c(-c5c(F)c(F)c(F)c(F)c5F)c5ccc2[nH]5)C=C4)C=C3)c(F)c1F.[Mn]. The number of rotatable bonds is 4. The molecule has 1 radical (unpaired) electrons. The van der Waals surface area contributed by atoms with E-state index < -0.39 is 206 Å². The molecule has 0 saturated heterocycles. The van der Waals surface area contributed by atoms with Crippen LogP contribution >= 0.6 is 12.4 Å². The van der Waals surface area contributed by atoms with Crippen molar-refractivity contribution in [2.24, 2.45) is 0 Å². The van der Waals surface area contributed by atoms with Crippen LogP contribution < -0.4 is 0 Å². The van der Waals surface area contributed by atoms with Gasteiger partial charge in [-0.3, -0.25) is 0 Å². The van der Waals surface area contributed by atoms with E-state index in [1.54, 1.807) is 0 Å². The van der Waals surface area contributed by atoms with Crippen molar-refractivity contribution in [3.8, 4) is 44.5 Å². The Morgan fingerprint density at radius 2 is 0.371 bits per heavy atom. The Bertz CT molecular complexity index is 3130. The van der Waals surface area contributed by atoms with Gasteiger partial charge in [-0.1, -0.05) is 0 Å². The van der Waals surface area contributed by atoms with Crippen LogP contribution in [0.3, 0.4) is 0 Å². The maximum atomic E-state index is 15.8. The summed E-state index contributed by atoms with van der Waals surface area (Å²) in [6, 6.07) is 2.51. The molecule has 9 rings (SSSR count). The molecule has 5 heterocycles. The third-order valence-electron chi connectivity index (χ3n) is 10.6. The molecule has 0 atom stereocenters. The quantitative estimate of drug-likeness (QED) is 0.0799. The smallest absolute Gasteiger partial charge is 0.200 e. The van der Waals surface area contributed by atoms with Gasteiger partial charge in [-0.15, -0.1) is 12.4 Å². The van der Waals surface area contributed by atoms with Crippen molar-refractivity contribution in [2.75, 3.05) is 0 Å². The number of halogens is 21. The van der Waals surface area contributed by atoms with E-state index in [1.807, 2.05) is 0 Å². The molecule has 4 aromatic carbocycles. The zero-order valence-corrected chi connectivity index (χ0v) is 34.9. The molecule has 0 aliphatic carbocycles. The van der Waals surface area contributed by atoms with E-state index in [0.717, 1.165) is 0 Å². The average molecular weight is 1070 g/mol. The van der Waals surface area contributed by atoms with E-state index in [0.29, 0.717) is 48.6 Å². The second kappa shape index (κ2) is 18.0. The first kappa shape index (κ1) is 50.8. The Morgan fingerprint density at radius 3 is 0.529 bits per heavy atom. The molecular formula is C44H11ClF20MnN4. The summed E-state index contributed by atoms with van der Waals surface area (Å²) in [5.74, 6) is -52.6. The number of hydrogen-bond acceptors (Lipinski definition) is 2. The van der Waals surface area contributed by atoms with Gasteiger partial charge in [-0.05, 0) is 48.6 Å². The minimum absolute atomic E-state index is 0. The van der Waals surface area contributed by atoms with Gasteiger partial charge in [0.2, 0.25) is 23.3 Å².